The van der Waals surface area contributed by atoms with Crippen LogP contribution in [0.15, 0.2) is 24.3 Å². The molecular formula is C18H21ClN2O3S. The summed E-state index contributed by atoms with van der Waals surface area (Å²) in [6.45, 7) is 3.11. The van der Waals surface area contributed by atoms with Gasteiger partial charge in [-0.2, -0.15) is 0 Å². The topological polar surface area (TPSA) is 69.6 Å². The highest BCUT2D eigenvalue weighted by Gasteiger charge is 2.28. The standard InChI is InChI=1S/C18H21ClN2O3S/c1-11-4-6-21(7-5-11)18(24)14(10-22)20-17(23)16-8-12-2-3-13(19)9-15(12)25-16/h2-3,8-9,11,14,22H,4-7,10H2,1H3,(H,20,23)/t14-/m1/s1. The molecular weight excluding hydrogens is 360 g/mol. The van der Waals surface area contributed by atoms with Crippen molar-refractivity contribution in [1.29, 1.82) is 0 Å². The summed E-state index contributed by atoms with van der Waals surface area (Å²) in [5.41, 5.74) is 0. The number of nitrogens with one attached hydrogen (secondary N) is 1. The molecule has 1 aromatic carbocycles. The van der Waals surface area contributed by atoms with Gasteiger partial charge in [-0.3, -0.25) is 9.59 Å². The smallest absolute Gasteiger partial charge is 0.262 e. The summed E-state index contributed by atoms with van der Waals surface area (Å²) >= 11 is 7.29. The van der Waals surface area contributed by atoms with Crippen molar-refractivity contribution >= 4 is 44.8 Å². The van der Waals surface area contributed by atoms with Crippen LogP contribution in [0.25, 0.3) is 10.1 Å². The number of likely N-dealkylation sites (tertiary alicyclic amines) is 1. The Morgan fingerprint density at radius 3 is 2.76 bits per heavy atom. The van der Waals surface area contributed by atoms with Gasteiger partial charge in [0.15, 0.2) is 0 Å². The number of benzene rings is 1. The molecule has 1 aliphatic rings. The van der Waals surface area contributed by atoms with E-state index in [4.69, 9.17) is 11.6 Å². The lowest BCUT2D eigenvalue weighted by molar-refractivity contribution is -0.135. The van der Waals surface area contributed by atoms with Crippen molar-refractivity contribution in [3.05, 3.63) is 34.2 Å². The number of fused-ring (bicyclic) bond motifs is 1. The van der Waals surface area contributed by atoms with Gasteiger partial charge < -0.3 is 15.3 Å². The molecule has 0 unspecified atom stereocenters. The number of carbonyl (C=O) groups excluding carboxylic acids is 2. The lowest BCUT2D eigenvalue weighted by Crippen LogP contribution is -2.52. The second-order valence-corrected chi connectivity index (χ2v) is 8.03. The Morgan fingerprint density at radius 1 is 1.36 bits per heavy atom. The first-order valence-electron chi connectivity index (χ1n) is 8.37. The Labute approximate surface area is 155 Å². The number of rotatable bonds is 4. The lowest BCUT2D eigenvalue weighted by atomic mass is 9.99. The summed E-state index contributed by atoms with van der Waals surface area (Å²) in [6, 6.07) is 6.30. The van der Waals surface area contributed by atoms with E-state index < -0.39 is 12.6 Å². The molecule has 1 fully saturated rings. The fourth-order valence-electron chi connectivity index (χ4n) is 2.98. The van der Waals surface area contributed by atoms with Crippen LogP contribution >= 0.6 is 22.9 Å². The van der Waals surface area contributed by atoms with Crippen molar-refractivity contribution in [2.75, 3.05) is 19.7 Å². The molecule has 7 heteroatoms. The van der Waals surface area contributed by atoms with E-state index in [0.717, 1.165) is 22.9 Å². The van der Waals surface area contributed by atoms with Crippen molar-refractivity contribution in [3.8, 4) is 0 Å². The highest BCUT2D eigenvalue weighted by atomic mass is 35.5. The Kier molecular flexibility index (Phi) is 5.61. The number of hydrogen-bond donors (Lipinski definition) is 2. The number of thiophene rings is 1. The average molecular weight is 381 g/mol. The summed E-state index contributed by atoms with van der Waals surface area (Å²) in [4.78, 5) is 27.3. The van der Waals surface area contributed by atoms with E-state index in [1.54, 1.807) is 17.0 Å². The fourth-order valence-corrected chi connectivity index (χ4v) is 4.22. The van der Waals surface area contributed by atoms with Crippen molar-refractivity contribution < 1.29 is 14.7 Å². The van der Waals surface area contributed by atoms with Crippen LogP contribution < -0.4 is 5.32 Å². The molecule has 0 saturated carbocycles. The summed E-state index contributed by atoms with van der Waals surface area (Å²) < 4.78 is 0.912. The third kappa shape index (κ3) is 4.14. The summed E-state index contributed by atoms with van der Waals surface area (Å²) in [5.74, 6) is 0.0404. The zero-order valence-electron chi connectivity index (χ0n) is 14.0. The van der Waals surface area contributed by atoms with Crippen LogP contribution in [0.4, 0.5) is 0 Å². The zero-order chi connectivity index (χ0) is 18.0. The van der Waals surface area contributed by atoms with Gasteiger partial charge in [0, 0.05) is 22.8 Å². The number of aliphatic hydroxyl groups is 1. The predicted octanol–water partition coefficient (Wildman–Crippen LogP) is 2.90. The van der Waals surface area contributed by atoms with Gasteiger partial charge in [0.2, 0.25) is 5.91 Å². The monoisotopic (exact) mass is 380 g/mol. The molecule has 0 aliphatic carbocycles. The van der Waals surface area contributed by atoms with Crippen LogP contribution in [-0.4, -0.2) is 47.6 Å². The van der Waals surface area contributed by atoms with Crippen molar-refractivity contribution in [2.45, 2.75) is 25.8 Å². The second kappa shape index (κ2) is 7.72. The first kappa shape index (κ1) is 18.2. The maximum atomic E-state index is 12.6. The van der Waals surface area contributed by atoms with E-state index >= 15 is 0 Å². The van der Waals surface area contributed by atoms with Crippen LogP contribution in [0.1, 0.15) is 29.4 Å². The van der Waals surface area contributed by atoms with Gasteiger partial charge in [-0.15, -0.1) is 11.3 Å². The van der Waals surface area contributed by atoms with Crippen LogP contribution in [0.3, 0.4) is 0 Å². The number of carbonyl (C=O) groups is 2. The van der Waals surface area contributed by atoms with Crippen molar-refractivity contribution in [3.63, 3.8) is 0 Å². The van der Waals surface area contributed by atoms with Gasteiger partial charge in [-0.25, -0.2) is 0 Å². The molecule has 2 amide bonds. The molecule has 134 valence electrons. The third-order valence-corrected chi connectivity index (χ3v) is 5.92. The van der Waals surface area contributed by atoms with Gasteiger partial charge in [0.25, 0.3) is 5.91 Å². The van der Waals surface area contributed by atoms with E-state index in [1.165, 1.54) is 11.3 Å². The molecule has 0 radical (unpaired) electrons. The Morgan fingerprint density at radius 2 is 2.08 bits per heavy atom. The van der Waals surface area contributed by atoms with Crippen LogP contribution in [0, 0.1) is 5.92 Å². The number of piperidine rings is 1. The Balaban J connectivity index is 1.69. The first-order chi connectivity index (χ1) is 12.0. The third-order valence-electron chi connectivity index (χ3n) is 4.59. The average Bonchev–Trinajstić information content (AvgIpc) is 3.02. The van der Waals surface area contributed by atoms with Crippen molar-refractivity contribution in [2.24, 2.45) is 5.92 Å². The quantitative estimate of drug-likeness (QED) is 0.856. The maximum absolute atomic E-state index is 12.6. The molecule has 1 aromatic heterocycles. The zero-order valence-corrected chi connectivity index (χ0v) is 15.6. The first-order valence-corrected chi connectivity index (χ1v) is 9.57. The molecule has 3 rings (SSSR count). The number of halogens is 1. The Hall–Kier alpha value is -1.63. The van der Waals surface area contributed by atoms with Crippen LogP contribution in [0.2, 0.25) is 5.02 Å². The Bertz CT molecular complexity index is 784. The lowest BCUT2D eigenvalue weighted by Gasteiger charge is -2.32. The highest BCUT2D eigenvalue weighted by molar-refractivity contribution is 7.20. The van der Waals surface area contributed by atoms with E-state index in [0.29, 0.717) is 28.9 Å². The number of aliphatic hydroxyl groups excluding tert-OH is 1. The molecule has 1 aliphatic heterocycles. The van der Waals surface area contributed by atoms with Crippen molar-refractivity contribution in [1.82, 2.24) is 10.2 Å². The number of amides is 2. The van der Waals surface area contributed by atoms with Gasteiger partial charge in [-0.05, 0) is 42.3 Å². The molecule has 1 atom stereocenters. The minimum atomic E-state index is -0.908. The fraction of sp³-hybridized carbons (Fsp3) is 0.444. The SMILES string of the molecule is CC1CCN(C(=O)[C@@H](CO)NC(=O)c2cc3ccc(Cl)cc3s2)CC1. The summed E-state index contributed by atoms with van der Waals surface area (Å²) in [7, 11) is 0. The molecule has 25 heavy (non-hydrogen) atoms. The normalized spacial score (nSPS) is 16.8. The molecule has 0 spiro atoms. The molecule has 2 aromatic rings. The molecule has 2 heterocycles. The minimum absolute atomic E-state index is 0.216. The van der Waals surface area contributed by atoms with E-state index in [-0.39, 0.29) is 11.8 Å². The van der Waals surface area contributed by atoms with Gasteiger partial charge in [0.1, 0.15) is 6.04 Å². The largest absolute Gasteiger partial charge is 0.394 e. The van der Waals surface area contributed by atoms with Gasteiger partial charge in [-0.1, -0.05) is 24.6 Å². The summed E-state index contributed by atoms with van der Waals surface area (Å²) in [6.07, 6.45) is 1.91. The van der Waals surface area contributed by atoms with Gasteiger partial charge >= 0.3 is 0 Å². The molecule has 1 saturated heterocycles. The molecule has 0 bridgehead atoms. The minimum Gasteiger partial charge on any atom is -0.394 e. The number of hydrogen-bond acceptors (Lipinski definition) is 4. The summed E-state index contributed by atoms with van der Waals surface area (Å²) in [5, 5.41) is 13.8. The van der Waals surface area contributed by atoms with Crippen LogP contribution in [-0.2, 0) is 4.79 Å². The van der Waals surface area contributed by atoms with Crippen LogP contribution in [0.5, 0.6) is 0 Å². The second-order valence-electron chi connectivity index (χ2n) is 6.51. The van der Waals surface area contributed by atoms with E-state index in [9.17, 15) is 14.7 Å². The van der Waals surface area contributed by atoms with E-state index in [1.807, 2.05) is 12.1 Å². The predicted molar refractivity (Wildman–Crippen MR) is 100 cm³/mol. The molecule has 5 nitrogen and oxygen atoms in total. The van der Waals surface area contributed by atoms with Gasteiger partial charge in [0.05, 0.1) is 11.5 Å². The van der Waals surface area contributed by atoms with E-state index in [2.05, 4.69) is 12.2 Å². The molecule has 2 N–H and O–H groups in total. The maximum Gasteiger partial charge on any atom is 0.262 e. The highest BCUT2D eigenvalue weighted by Crippen LogP contribution is 2.28. The number of nitrogens with zero attached hydrogens (tertiary/aromatic N) is 1.